The summed E-state index contributed by atoms with van der Waals surface area (Å²) in [4.78, 5) is -0.240. The Morgan fingerprint density at radius 1 is 1.28 bits per heavy atom. The first-order valence-electron chi connectivity index (χ1n) is 5.62. The lowest BCUT2D eigenvalue weighted by molar-refractivity contribution is 0.316. The summed E-state index contributed by atoms with van der Waals surface area (Å²) in [6.45, 7) is 0.566. The van der Waals surface area contributed by atoms with Gasteiger partial charge in [0.05, 0.1) is 4.90 Å². The molecule has 0 aliphatic carbocycles. The second kappa shape index (κ2) is 4.91. The van der Waals surface area contributed by atoms with Gasteiger partial charge in [0.1, 0.15) is 0 Å². The quantitative estimate of drug-likeness (QED) is 0.879. The van der Waals surface area contributed by atoms with Crippen LogP contribution in [0.1, 0.15) is 12.8 Å². The molecule has 0 unspecified atom stereocenters. The monoisotopic (exact) mass is 276 g/mol. The Morgan fingerprint density at radius 2 is 2.00 bits per heavy atom. The van der Waals surface area contributed by atoms with Gasteiger partial charge in [0.25, 0.3) is 0 Å². The van der Waals surface area contributed by atoms with E-state index < -0.39 is 21.7 Å². The van der Waals surface area contributed by atoms with Crippen LogP contribution < -0.4 is 5.73 Å². The van der Waals surface area contributed by atoms with Crippen molar-refractivity contribution in [3.05, 3.63) is 29.8 Å². The van der Waals surface area contributed by atoms with E-state index in [1.54, 1.807) is 0 Å². The fourth-order valence-corrected chi connectivity index (χ4v) is 3.53. The Kier molecular flexibility index (Phi) is 3.65. The van der Waals surface area contributed by atoms with Gasteiger partial charge < -0.3 is 5.73 Å². The van der Waals surface area contributed by atoms with E-state index in [9.17, 15) is 17.2 Å². The van der Waals surface area contributed by atoms with Crippen molar-refractivity contribution < 1.29 is 17.2 Å². The highest BCUT2D eigenvalue weighted by Crippen LogP contribution is 2.21. The number of benzene rings is 1. The molecule has 7 heteroatoms. The molecule has 0 bridgehead atoms. The first-order valence-corrected chi connectivity index (χ1v) is 7.06. The molecule has 1 aliphatic rings. The normalized spacial score (nSPS) is 22.1. The minimum atomic E-state index is -3.79. The first-order chi connectivity index (χ1) is 8.41. The second-order valence-electron chi connectivity index (χ2n) is 4.34. The SMILES string of the molecule is N[C@@H]1CCCN(S(=O)(=O)c2ccc(F)c(F)c2)C1. The zero-order chi connectivity index (χ0) is 13.3. The van der Waals surface area contributed by atoms with Crippen molar-refractivity contribution in [2.45, 2.75) is 23.8 Å². The molecular weight excluding hydrogens is 262 g/mol. The molecule has 1 atom stereocenters. The summed E-state index contributed by atoms with van der Waals surface area (Å²) in [5, 5.41) is 0. The van der Waals surface area contributed by atoms with E-state index in [1.165, 1.54) is 4.31 Å². The number of rotatable bonds is 2. The molecule has 0 radical (unpaired) electrons. The molecule has 0 amide bonds. The number of sulfonamides is 1. The molecule has 1 heterocycles. The van der Waals surface area contributed by atoms with Crippen LogP contribution in [0.2, 0.25) is 0 Å². The third-order valence-corrected chi connectivity index (χ3v) is 4.81. The first kappa shape index (κ1) is 13.4. The summed E-state index contributed by atoms with van der Waals surface area (Å²) in [7, 11) is -3.79. The minimum Gasteiger partial charge on any atom is -0.327 e. The molecule has 2 N–H and O–H groups in total. The van der Waals surface area contributed by atoms with Crippen LogP contribution in [0.4, 0.5) is 8.78 Å². The van der Waals surface area contributed by atoms with Crippen LogP contribution in [-0.2, 0) is 10.0 Å². The van der Waals surface area contributed by atoms with Crippen molar-refractivity contribution in [2.24, 2.45) is 5.73 Å². The fraction of sp³-hybridized carbons (Fsp3) is 0.455. The highest BCUT2D eigenvalue weighted by Gasteiger charge is 2.29. The predicted molar refractivity (Wildman–Crippen MR) is 62.3 cm³/mol. The molecule has 4 nitrogen and oxygen atoms in total. The van der Waals surface area contributed by atoms with Gasteiger partial charge in [-0.2, -0.15) is 4.31 Å². The largest absolute Gasteiger partial charge is 0.327 e. The molecular formula is C11H14F2N2O2S. The number of piperidine rings is 1. The summed E-state index contributed by atoms with van der Waals surface area (Å²) >= 11 is 0. The Bertz CT molecular complexity index is 548. The van der Waals surface area contributed by atoms with E-state index in [-0.39, 0.29) is 17.5 Å². The van der Waals surface area contributed by atoms with Gasteiger partial charge in [0.15, 0.2) is 11.6 Å². The van der Waals surface area contributed by atoms with Crippen molar-refractivity contribution in [2.75, 3.05) is 13.1 Å². The van der Waals surface area contributed by atoms with Gasteiger partial charge in [0, 0.05) is 19.1 Å². The summed E-state index contributed by atoms with van der Waals surface area (Å²) < 4.78 is 51.4. The summed E-state index contributed by atoms with van der Waals surface area (Å²) in [5.41, 5.74) is 5.71. The number of hydrogen-bond acceptors (Lipinski definition) is 3. The van der Waals surface area contributed by atoms with E-state index in [4.69, 9.17) is 5.73 Å². The van der Waals surface area contributed by atoms with Crippen LogP contribution in [-0.4, -0.2) is 31.9 Å². The Hall–Kier alpha value is -1.05. The van der Waals surface area contributed by atoms with Crippen LogP contribution >= 0.6 is 0 Å². The molecule has 0 aromatic heterocycles. The van der Waals surface area contributed by atoms with E-state index in [2.05, 4.69) is 0 Å². The Morgan fingerprint density at radius 3 is 2.61 bits per heavy atom. The lowest BCUT2D eigenvalue weighted by Gasteiger charge is -2.29. The molecule has 0 spiro atoms. The average Bonchev–Trinajstić information content (AvgIpc) is 2.32. The molecule has 0 saturated carbocycles. The van der Waals surface area contributed by atoms with Gasteiger partial charge in [-0.3, -0.25) is 0 Å². The fourth-order valence-electron chi connectivity index (χ4n) is 1.98. The summed E-state index contributed by atoms with van der Waals surface area (Å²) in [5.74, 6) is -2.23. The van der Waals surface area contributed by atoms with Gasteiger partial charge in [-0.25, -0.2) is 17.2 Å². The maximum Gasteiger partial charge on any atom is 0.243 e. The number of halogens is 2. The smallest absolute Gasteiger partial charge is 0.243 e. The van der Waals surface area contributed by atoms with Gasteiger partial charge in [-0.05, 0) is 31.0 Å². The van der Waals surface area contributed by atoms with Crippen molar-refractivity contribution in [1.82, 2.24) is 4.31 Å². The predicted octanol–water partition coefficient (Wildman–Crippen LogP) is 1.08. The average molecular weight is 276 g/mol. The molecule has 100 valence electrons. The lowest BCUT2D eigenvalue weighted by Crippen LogP contribution is -2.45. The Balaban J connectivity index is 2.32. The number of nitrogens with two attached hydrogens (primary N) is 1. The molecule has 1 saturated heterocycles. The highest BCUT2D eigenvalue weighted by atomic mass is 32.2. The maximum atomic E-state index is 13.1. The van der Waals surface area contributed by atoms with E-state index >= 15 is 0 Å². The highest BCUT2D eigenvalue weighted by molar-refractivity contribution is 7.89. The molecule has 1 fully saturated rings. The van der Waals surface area contributed by atoms with Gasteiger partial charge in [-0.15, -0.1) is 0 Å². The van der Waals surface area contributed by atoms with Crippen molar-refractivity contribution >= 4 is 10.0 Å². The minimum absolute atomic E-state index is 0.209. The van der Waals surface area contributed by atoms with E-state index in [1.807, 2.05) is 0 Å². The third-order valence-electron chi connectivity index (χ3n) is 2.95. The van der Waals surface area contributed by atoms with E-state index in [0.717, 1.165) is 18.6 Å². The van der Waals surface area contributed by atoms with Crippen LogP contribution in [0.25, 0.3) is 0 Å². The summed E-state index contributed by atoms with van der Waals surface area (Å²) in [6, 6.07) is 2.36. The van der Waals surface area contributed by atoms with Crippen molar-refractivity contribution in [3.8, 4) is 0 Å². The zero-order valence-corrected chi connectivity index (χ0v) is 10.5. The van der Waals surface area contributed by atoms with E-state index in [0.29, 0.717) is 19.0 Å². The van der Waals surface area contributed by atoms with Crippen molar-refractivity contribution in [3.63, 3.8) is 0 Å². The second-order valence-corrected chi connectivity index (χ2v) is 6.28. The van der Waals surface area contributed by atoms with Crippen molar-refractivity contribution in [1.29, 1.82) is 0 Å². The topological polar surface area (TPSA) is 63.4 Å². The molecule has 1 aromatic carbocycles. The number of nitrogens with zero attached hydrogens (tertiary/aromatic N) is 1. The van der Waals surface area contributed by atoms with Crippen LogP contribution in [0.5, 0.6) is 0 Å². The lowest BCUT2D eigenvalue weighted by atomic mass is 10.1. The third kappa shape index (κ3) is 2.52. The maximum absolute atomic E-state index is 13.1. The molecule has 1 aromatic rings. The van der Waals surface area contributed by atoms with Gasteiger partial charge in [-0.1, -0.05) is 0 Å². The van der Waals surface area contributed by atoms with Crippen LogP contribution in [0.15, 0.2) is 23.1 Å². The molecule has 18 heavy (non-hydrogen) atoms. The van der Waals surface area contributed by atoms with Crippen LogP contribution in [0.3, 0.4) is 0 Å². The summed E-state index contributed by atoms with van der Waals surface area (Å²) in [6.07, 6.45) is 1.44. The standard InChI is InChI=1S/C11H14F2N2O2S/c12-10-4-3-9(6-11(10)13)18(16,17)15-5-1-2-8(14)7-15/h3-4,6,8H,1-2,5,7,14H2/t8-/m1/s1. The Labute approximate surface area is 104 Å². The molecule has 2 rings (SSSR count). The zero-order valence-electron chi connectivity index (χ0n) is 9.64. The molecule has 1 aliphatic heterocycles. The van der Waals surface area contributed by atoms with Crippen LogP contribution in [0, 0.1) is 11.6 Å². The number of hydrogen-bond donors (Lipinski definition) is 1. The van der Waals surface area contributed by atoms with Gasteiger partial charge >= 0.3 is 0 Å². The van der Waals surface area contributed by atoms with Gasteiger partial charge in [0.2, 0.25) is 10.0 Å².